The van der Waals surface area contributed by atoms with Crippen LogP contribution in [0.4, 0.5) is 0 Å². The molecule has 0 saturated carbocycles. The van der Waals surface area contributed by atoms with Crippen molar-refractivity contribution in [2.24, 2.45) is 0 Å². The van der Waals surface area contributed by atoms with E-state index >= 15 is 0 Å². The first-order valence-corrected chi connectivity index (χ1v) is 7.20. The highest BCUT2D eigenvalue weighted by Gasteiger charge is 2.08. The molecule has 5 heteroatoms. The second-order valence-electron chi connectivity index (χ2n) is 3.82. The van der Waals surface area contributed by atoms with Gasteiger partial charge in [-0.15, -0.1) is 0 Å². The van der Waals surface area contributed by atoms with Crippen molar-refractivity contribution in [3.8, 4) is 11.6 Å². The number of nitrogens with zero attached hydrogens (tertiary/aromatic N) is 1. The van der Waals surface area contributed by atoms with Gasteiger partial charge < -0.3 is 9.47 Å². The average molecular weight is 343 g/mol. The largest absolute Gasteiger partial charge is 0.485 e. The molecule has 1 heterocycles. The summed E-state index contributed by atoms with van der Waals surface area (Å²) in [5.41, 5.74) is 1.80. The summed E-state index contributed by atoms with van der Waals surface area (Å²) in [6.45, 7) is 0.348. The zero-order chi connectivity index (χ0) is 13.7. The molecule has 0 aliphatic heterocycles. The molecule has 2 aromatic rings. The van der Waals surface area contributed by atoms with Crippen LogP contribution in [0, 0.1) is 0 Å². The van der Waals surface area contributed by atoms with Gasteiger partial charge in [0.25, 0.3) is 0 Å². The van der Waals surface area contributed by atoms with E-state index in [2.05, 4.69) is 20.9 Å². The molecule has 0 N–H and O–H groups in total. The molecule has 0 atom stereocenters. The number of benzene rings is 1. The maximum atomic E-state index is 6.14. The summed E-state index contributed by atoms with van der Waals surface area (Å²) in [4.78, 5) is 4.29. The fourth-order valence-electron chi connectivity index (χ4n) is 1.62. The Morgan fingerprint density at radius 3 is 2.74 bits per heavy atom. The summed E-state index contributed by atoms with van der Waals surface area (Å²) >= 11 is 9.56. The molecule has 3 nitrogen and oxygen atoms in total. The molecule has 0 saturated heterocycles. The Balaban J connectivity index is 2.14. The van der Waals surface area contributed by atoms with Gasteiger partial charge >= 0.3 is 0 Å². The van der Waals surface area contributed by atoms with Crippen LogP contribution in [0.15, 0.2) is 36.4 Å². The molecule has 1 aromatic carbocycles. The first-order chi connectivity index (χ1) is 9.24. The van der Waals surface area contributed by atoms with Crippen LogP contribution < -0.4 is 9.47 Å². The lowest BCUT2D eigenvalue weighted by Crippen LogP contribution is -2.01. The molecule has 2 rings (SSSR count). The minimum atomic E-state index is 0.348. The first kappa shape index (κ1) is 14.2. The Hall–Kier alpha value is -1.26. The Bertz CT molecular complexity index is 563. The van der Waals surface area contributed by atoms with E-state index in [1.807, 2.05) is 30.3 Å². The van der Waals surface area contributed by atoms with E-state index in [0.717, 1.165) is 11.3 Å². The summed E-state index contributed by atoms with van der Waals surface area (Å²) in [6.07, 6.45) is 0. The SMILES string of the molecule is COc1cccc(COc2c(Cl)cccc2CBr)n1. The lowest BCUT2D eigenvalue weighted by Gasteiger charge is -2.11. The van der Waals surface area contributed by atoms with E-state index in [1.54, 1.807) is 13.2 Å². The van der Waals surface area contributed by atoms with Crippen molar-refractivity contribution in [3.63, 3.8) is 0 Å². The zero-order valence-corrected chi connectivity index (χ0v) is 12.7. The minimum absolute atomic E-state index is 0.348. The number of hydrogen-bond acceptors (Lipinski definition) is 3. The lowest BCUT2D eigenvalue weighted by molar-refractivity contribution is 0.296. The Morgan fingerprint density at radius 1 is 1.21 bits per heavy atom. The van der Waals surface area contributed by atoms with Crippen LogP contribution in [0.3, 0.4) is 0 Å². The summed E-state index contributed by atoms with van der Waals surface area (Å²) in [5.74, 6) is 1.26. The van der Waals surface area contributed by atoms with Crippen LogP contribution in [0.1, 0.15) is 11.3 Å². The van der Waals surface area contributed by atoms with Gasteiger partial charge in [-0.05, 0) is 12.1 Å². The molecule has 0 amide bonds. The predicted octanol–water partition coefficient (Wildman–Crippen LogP) is 4.22. The fraction of sp³-hybridized carbons (Fsp3) is 0.214. The van der Waals surface area contributed by atoms with Gasteiger partial charge in [-0.1, -0.05) is 45.7 Å². The van der Waals surface area contributed by atoms with Gasteiger partial charge in [-0.3, -0.25) is 0 Å². The van der Waals surface area contributed by atoms with Crippen LogP contribution in [0.25, 0.3) is 0 Å². The molecular weight excluding hydrogens is 330 g/mol. The number of hydrogen-bond donors (Lipinski definition) is 0. The molecule has 0 spiro atoms. The number of alkyl halides is 1. The quantitative estimate of drug-likeness (QED) is 0.763. The van der Waals surface area contributed by atoms with E-state index in [1.165, 1.54) is 0 Å². The highest BCUT2D eigenvalue weighted by molar-refractivity contribution is 9.08. The molecule has 0 aliphatic rings. The summed E-state index contributed by atoms with van der Waals surface area (Å²) in [7, 11) is 1.59. The number of aromatic nitrogens is 1. The van der Waals surface area contributed by atoms with Gasteiger partial charge in [0.2, 0.25) is 5.88 Å². The maximum absolute atomic E-state index is 6.14. The van der Waals surface area contributed by atoms with Crippen molar-refractivity contribution in [1.82, 2.24) is 4.98 Å². The molecule has 19 heavy (non-hydrogen) atoms. The third-order valence-electron chi connectivity index (χ3n) is 2.55. The molecule has 0 bridgehead atoms. The molecule has 0 fully saturated rings. The average Bonchev–Trinajstić information content (AvgIpc) is 2.46. The number of halogens is 2. The Morgan fingerprint density at radius 2 is 2.00 bits per heavy atom. The van der Waals surface area contributed by atoms with Crippen molar-refractivity contribution >= 4 is 27.5 Å². The topological polar surface area (TPSA) is 31.4 Å². The molecule has 1 aromatic heterocycles. The van der Waals surface area contributed by atoms with Crippen LogP contribution >= 0.6 is 27.5 Å². The van der Waals surface area contributed by atoms with Gasteiger partial charge in [-0.2, -0.15) is 0 Å². The van der Waals surface area contributed by atoms with E-state index in [0.29, 0.717) is 28.6 Å². The van der Waals surface area contributed by atoms with Crippen LogP contribution in [-0.2, 0) is 11.9 Å². The van der Waals surface area contributed by atoms with Crippen molar-refractivity contribution in [1.29, 1.82) is 0 Å². The number of ether oxygens (including phenoxy) is 2. The smallest absolute Gasteiger partial charge is 0.213 e. The number of pyridine rings is 1. The van der Waals surface area contributed by atoms with E-state index in [4.69, 9.17) is 21.1 Å². The van der Waals surface area contributed by atoms with E-state index in [9.17, 15) is 0 Å². The molecule has 0 unspecified atom stereocenters. The van der Waals surface area contributed by atoms with Crippen molar-refractivity contribution in [2.45, 2.75) is 11.9 Å². The fourth-order valence-corrected chi connectivity index (χ4v) is 2.31. The second-order valence-corrected chi connectivity index (χ2v) is 4.79. The molecule has 0 radical (unpaired) electrons. The minimum Gasteiger partial charge on any atom is -0.485 e. The normalized spacial score (nSPS) is 10.3. The summed E-state index contributed by atoms with van der Waals surface area (Å²) in [5, 5.41) is 1.29. The van der Waals surface area contributed by atoms with Gasteiger partial charge in [0.15, 0.2) is 0 Å². The highest BCUT2D eigenvalue weighted by Crippen LogP contribution is 2.30. The van der Waals surface area contributed by atoms with Gasteiger partial charge in [0.1, 0.15) is 12.4 Å². The Labute approximate surface area is 125 Å². The van der Waals surface area contributed by atoms with Gasteiger partial charge in [0, 0.05) is 17.0 Å². The summed E-state index contributed by atoms with van der Waals surface area (Å²) < 4.78 is 10.8. The first-order valence-electron chi connectivity index (χ1n) is 5.70. The molecule has 100 valence electrons. The van der Waals surface area contributed by atoms with E-state index in [-0.39, 0.29) is 0 Å². The van der Waals surface area contributed by atoms with Crippen molar-refractivity contribution < 1.29 is 9.47 Å². The summed E-state index contributed by atoms with van der Waals surface area (Å²) in [6, 6.07) is 11.2. The third kappa shape index (κ3) is 3.61. The lowest BCUT2D eigenvalue weighted by atomic mass is 10.2. The number of rotatable bonds is 5. The van der Waals surface area contributed by atoms with Crippen LogP contribution in [0.2, 0.25) is 5.02 Å². The zero-order valence-electron chi connectivity index (χ0n) is 10.4. The molecule has 0 aliphatic carbocycles. The van der Waals surface area contributed by atoms with Crippen molar-refractivity contribution in [3.05, 3.63) is 52.7 Å². The van der Waals surface area contributed by atoms with Crippen molar-refractivity contribution in [2.75, 3.05) is 7.11 Å². The molecular formula is C14H13BrClNO2. The third-order valence-corrected chi connectivity index (χ3v) is 3.45. The monoisotopic (exact) mass is 341 g/mol. The number of methoxy groups -OCH3 is 1. The standard InChI is InChI=1S/C14H13BrClNO2/c1-18-13-7-3-5-11(17-13)9-19-14-10(8-15)4-2-6-12(14)16/h2-7H,8-9H2,1H3. The maximum Gasteiger partial charge on any atom is 0.213 e. The van der Waals surface area contributed by atoms with Gasteiger partial charge in [-0.25, -0.2) is 4.98 Å². The highest BCUT2D eigenvalue weighted by atomic mass is 79.9. The van der Waals surface area contributed by atoms with Crippen LogP contribution in [-0.4, -0.2) is 12.1 Å². The van der Waals surface area contributed by atoms with E-state index < -0.39 is 0 Å². The number of para-hydroxylation sites is 1. The van der Waals surface area contributed by atoms with Crippen LogP contribution in [0.5, 0.6) is 11.6 Å². The van der Waals surface area contributed by atoms with Gasteiger partial charge in [0.05, 0.1) is 17.8 Å². The second kappa shape index (κ2) is 6.78. The predicted molar refractivity (Wildman–Crippen MR) is 79.2 cm³/mol. The Kier molecular flexibility index (Phi) is 5.05.